The van der Waals surface area contributed by atoms with Gasteiger partial charge in [-0.05, 0) is 36.6 Å². The number of rotatable bonds is 14. The van der Waals surface area contributed by atoms with E-state index in [-0.39, 0.29) is 5.91 Å². The Morgan fingerprint density at radius 3 is 2.50 bits per heavy atom. The molecule has 5 nitrogen and oxygen atoms in total. The maximum Gasteiger partial charge on any atom is 0.220 e. The van der Waals surface area contributed by atoms with Gasteiger partial charge in [-0.1, -0.05) is 105 Å². The van der Waals surface area contributed by atoms with Gasteiger partial charge in [0.2, 0.25) is 5.91 Å². The van der Waals surface area contributed by atoms with Crippen molar-refractivity contribution in [3.05, 3.63) is 70.5 Å². The summed E-state index contributed by atoms with van der Waals surface area (Å²) in [5, 5.41) is 13.3. The number of hydrogen-bond acceptors (Lipinski definition) is 4. The van der Waals surface area contributed by atoms with Crippen LogP contribution in [0.1, 0.15) is 75.2 Å². The second kappa shape index (κ2) is 14.2. The van der Waals surface area contributed by atoms with Gasteiger partial charge < -0.3 is 5.32 Å². The molecule has 0 saturated heterocycles. The van der Waals surface area contributed by atoms with Crippen molar-refractivity contribution >= 4 is 29.3 Å². The molecule has 1 amide bonds. The summed E-state index contributed by atoms with van der Waals surface area (Å²) in [4.78, 5) is 12.4. The Morgan fingerprint density at radius 1 is 1.00 bits per heavy atom. The highest BCUT2D eigenvalue weighted by Crippen LogP contribution is 2.28. The van der Waals surface area contributed by atoms with E-state index in [9.17, 15) is 4.79 Å². The van der Waals surface area contributed by atoms with Crippen molar-refractivity contribution in [2.24, 2.45) is 0 Å². The summed E-state index contributed by atoms with van der Waals surface area (Å²) in [5.41, 5.74) is 3.22. The number of carbonyl (C=O) groups excluding carboxylic acids is 1. The number of hydrogen-bond donors (Lipinski definition) is 1. The number of aryl methyl sites for hydroxylation is 1. The number of nitrogens with one attached hydrogen (secondary N) is 1. The zero-order valence-corrected chi connectivity index (χ0v) is 21.8. The van der Waals surface area contributed by atoms with Gasteiger partial charge in [-0.3, -0.25) is 9.36 Å². The van der Waals surface area contributed by atoms with Crippen LogP contribution in [-0.2, 0) is 17.1 Å². The van der Waals surface area contributed by atoms with Crippen LogP contribution in [0.25, 0.3) is 5.69 Å². The zero-order chi connectivity index (χ0) is 24.2. The van der Waals surface area contributed by atoms with Crippen LogP contribution >= 0.6 is 23.4 Å². The van der Waals surface area contributed by atoms with Crippen LogP contribution in [0.3, 0.4) is 0 Å². The molecule has 0 bridgehead atoms. The van der Waals surface area contributed by atoms with Gasteiger partial charge in [0.05, 0.1) is 12.2 Å². The minimum Gasteiger partial charge on any atom is -0.349 e. The summed E-state index contributed by atoms with van der Waals surface area (Å²) in [7, 11) is 0. The predicted molar refractivity (Wildman–Crippen MR) is 142 cm³/mol. The van der Waals surface area contributed by atoms with Crippen LogP contribution in [-0.4, -0.2) is 20.7 Å². The minimum absolute atomic E-state index is 0.0596. The minimum atomic E-state index is 0.0596. The third-order valence-corrected chi connectivity index (χ3v) is 7.01. The number of thioether (sulfide) groups is 1. The number of halogens is 1. The summed E-state index contributed by atoms with van der Waals surface area (Å²) in [6.07, 6.45) is 8.91. The Balaban J connectivity index is 1.64. The first-order valence-electron chi connectivity index (χ1n) is 12.2. The van der Waals surface area contributed by atoms with E-state index in [0.717, 1.165) is 35.0 Å². The number of carbonyl (C=O) groups is 1. The van der Waals surface area contributed by atoms with E-state index < -0.39 is 0 Å². The van der Waals surface area contributed by atoms with Gasteiger partial charge in [0.15, 0.2) is 11.0 Å². The normalized spacial score (nSPS) is 11.0. The summed E-state index contributed by atoms with van der Waals surface area (Å²) in [6, 6.07) is 16.1. The lowest BCUT2D eigenvalue weighted by Crippen LogP contribution is -2.24. The summed E-state index contributed by atoms with van der Waals surface area (Å²) >= 11 is 7.94. The molecule has 1 aromatic heterocycles. The molecule has 0 spiro atoms. The molecule has 1 N–H and O–H groups in total. The summed E-state index contributed by atoms with van der Waals surface area (Å²) < 4.78 is 2.02. The zero-order valence-electron chi connectivity index (χ0n) is 20.2. The second-order valence-corrected chi connectivity index (χ2v) is 9.97. The topological polar surface area (TPSA) is 59.8 Å². The van der Waals surface area contributed by atoms with Crippen LogP contribution in [0.2, 0.25) is 5.02 Å². The molecule has 182 valence electrons. The smallest absolute Gasteiger partial charge is 0.220 e. The van der Waals surface area contributed by atoms with Gasteiger partial charge in [0.25, 0.3) is 0 Å². The van der Waals surface area contributed by atoms with E-state index in [1.807, 2.05) is 47.9 Å². The Morgan fingerprint density at radius 2 is 1.74 bits per heavy atom. The van der Waals surface area contributed by atoms with Gasteiger partial charge in [-0.25, -0.2) is 0 Å². The van der Waals surface area contributed by atoms with Crippen molar-refractivity contribution in [3.63, 3.8) is 0 Å². The SMILES string of the molecule is CCCCCCCCCC(=O)NCc1nnc(SCc2ccccc2)n1-c1cc(Cl)ccc1C. The van der Waals surface area contributed by atoms with Crippen molar-refractivity contribution in [2.45, 2.75) is 82.7 Å². The monoisotopic (exact) mass is 498 g/mol. The molecular weight excluding hydrogens is 464 g/mol. The quantitative estimate of drug-likeness (QED) is 0.187. The van der Waals surface area contributed by atoms with Gasteiger partial charge in [0.1, 0.15) is 0 Å². The second-order valence-electron chi connectivity index (χ2n) is 8.59. The Labute approximate surface area is 212 Å². The maximum atomic E-state index is 12.4. The highest BCUT2D eigenvalue weighted by molar-refractivity contribution is 7.98. The van der Waals surface area contributed by atoms with Crippen LogP contribution in [0.5, 0.6) is 0 Å². The highest BCUT2D eigenvalue weighted by Gasteiger charge is 2.17. The molecular formula is C27H35ClN4OS. The first-order valence-corrected chi connectivity index (χ1v) is 13.6. The Bertz CT molecular complexity index is 1040. The lowest BCUT2D eigenvalue weighted by molar-refractivity contribution is -0.121. The van der Waals surface area contributed by atoms with Gasteiger partial charge >= 0.3 is 0 Å². The molecule has 0 atom stereocenters. The van der Waals surface area contributed by atoms with E-state index in [1.165, 1.54) is 37.7 Å². The number of unbranched alkanes of at least 4 members (excludes halogenated alkanes) is 6. The molecule has 0 fully saturated rings. The Kier molecular flexibility index (Phi) is 11.0. The molecule has 0 unspecified atom stereocenters. The van der Waals surface area contributed by atoms with E-state index in [1.54, 1.807) is 11.8 Å². The van der Waals surface area contributed by atoms with Crippen LogP contribution < -0.4 is 5.32 Å². The number of nitrogens with zero attached hydrogens (tertiary/aromatic N) is 3. The van der Waals surface area contributed by atoms with Crippen LogP contribution in [0.15, 0.2) is 53.7 Å². The van der Waals surface area contributed by atoms with E-state index in [0.29, 0.717) is 23.8 Å². The fourth-order valence-electron chi connectivity index (χ4n) is 3.80. The number of benzene rings is 2. The first kappa shape index (κ1) is 26.3. The molecule has 2 aromatic carbocycles. The van der Waals surface area contributed by atoms with Gasteiger partial charge in [-0.15, -0.1) is 10.2 Å². The van der Waals surface area contributed by atoms with E-state index in [4.69, 9.17) is 11.6 Å². The summed E-state index contributed by atoms with van der Waals surface area (Å²) in [5.74, 6) is 1.54. The fraction of sp³-hybridized carbons (Fsp3) is 0.444. The third kappa shape index (κ3) is 8.17. The lowest BCUT2D eigenvalue weighted by atomic mass is 10.1. The first-order chi connectivity index (χ1) is 16.6. The molecule has 0 aliphatic rings. The predicted octanol–water partition coefficient (Wildman–Crippen LogP) is 7.28. The fourth-order valence-corrected chi connectivity index (χ4v) is 4.89. The standard InChI is InChI=1S/C27H35ClN4OS/c1-3-4-5-6-7-8-12-15-26(33)29-19-25-30-31-27(34-20-22-13-10-9-11-14-22)32(25)24-18-23(28)17-16-21(24)2/h9-11,13-14,16-18H,3-8,12,15,19-20H2,1-2H3,(H,29,33). The Hall–Kier alpha value is -2.31. The molecule has 3 rings (SSSR count). The van der Waals surface area contributed by atoms with E-state index in [2.05, 4.69) is 34.6 Å². The summed E-state index contributed by atoms with van der Waals surface area (Å²) in [6.45, 7) is 4.60. The van der Waals surface area contributed by atoms with Crippen molar-refractivity contribution < 1.29 is 4.79 Å². The van der Waals surface area contributed by atoms with Gasteiger partial charge in [0, 0.05) is 17.2 Å². The molecule has 0 aliphatic carbocycles. The third-order valence-electron chi connectivity index (χ3n) is 5.77. The molecule has 7 heteroatoms. The molecule has 0 aliphatic heterocycles. The van der Waals surface area contributed by atoms with Crippen molar-refractivity contribution in [2.75, 3.05) is 0 Å². The average molecular weight is 499 g/mol. The largest absolute Gasteiger partial charge is 0.349 e. The number of aromatic nitrogens is 3. The van der Waals surface area contributed by atoms with Gasteiger partial charge in [-0.2, -0.15) is 0 Å². The van der Waals surface area contributed by atoms with Crippen molar-refractivity contribution in [1.29, 1.82) is 0 Å². The molecule has 1 heterocycles. The maximum absolute atomic E-state index is 12.4. The molecule has 0 radical (unpaired) electrons. The molecule has 0 saturated carbocycles. The molecule has 34 heavy (non-hydrogen) atoms. The molecule has 3 aromatic rings. The van der Waals surface area contributed by atoms with Crippen LogP contribution in [0, 0.1) is 6.92 Å². The number of amides is 1. The highest BCUT2D eigenvalue weighted by atomic mass is 35.5. The van der Waals surface area contributed by atoms with Crippen molar-refractivity contribution in [3.8, 4) is 5.69 Å². The van der Waals surface area contributed by atoms with Crippen LogP contribution in [0.4, 0.5) is 0 Å². The van der Waals surface area contributed by atoms with Crippen molar-refractivity contribution in [1.82, 2.24) is 20.1 Å². The lowest BCUT2D eigenvalue weighted by Gasteiger charge is -2.14. The van der Waals surface area contributed by atoms with E-state index >= 15 is 0 Å². The average Bonchev–Trinajstić information content (AvgIpc) is 3.25.